The molecule has 0 atom stereocenters. The number of nitrogens with one attached hydrogen (secondary N) is 1. The summed E-state index contributed by atoms with van der Waals surface area (Å²) in [6.07, 6.45) is 1.42. The molecule has 6 heteroatoms. The topological polar surface area (TPSA) is 84.0 Å². The number of anilines is 3. The predicted octanol–water partition coefficient (Wildman–Crippen LogP) is 2.43. The molecule has 0 radical (unpaired) electrons. The standard InChI is InChI=1S/C13H11FN4O/c1-19-12-3-2-10(5-11(12)14)18-13-8(6-15)4-9(16)7-17-13/h2-5,7H,16H2,1H3,(H,17,18). The van der Waals surface area contributed by atoms with E-state index in [1.165, 1.54) is 31.5 Å². The van der Waals surface area contributed by atoms with Gasteiger partial charge in [-0.15, -0.1) is 0 Å². The first-order valence-electron chi connectivity index (χ1n) is 5.40. The van der Waals surface area contributed by atoms with Gasteiger partial charge in [0.05, 0.1) is 24.6 Å². The lowest BCUT2D eigenvalue weighted by molar-refractivity contribution is 0.386. The summed E-state index contributed by atoms with van der Waals surface area (Å²) in [5, 5.41) is 11.8. The van der Waals surface area contributed by atoms with Crippen LogP contribution in [-0.2, 0) is 0 Å². The molecule has 19 heavy (non-hydrogen) atoms. The van der Waals surface area contributed by atoms with Gasteiger partial charge in [0, 0.05) is 11.8 Å². The fraction of sp³-hybridized carbons (Fsp3) is 0.0769. The number of hydrogen-bond acceptors (Lipinski definition) is 5. The fourth-order valence-electron chi connectivity index (χ4n) is 1.55. The molecular weight excluding hydrogens is 247 g/mol. The lowest BCUT2D eigenvalue weighted by Crippen LogP contribution is -1.99. The molecule has 3 N–H and O–H groups in total. The predicted molar refractivity (Wildman–Crippen MR) is 69.6 cm³/mol. The van der Waals surface area contributed by atoms with Gasteiger partial charge in [-0.1, -0.05) is 0 Å². The molecular formula is C13H11FN4O. The highest BCUT2D eigenvalue weighted by atomic mass is 19.1. The Morgan fingerprint density at radius 3 is 2.84 bits per heavy atom. The van der Waals surface area contributed by atoms with Crippen molar-refractivity contribution in [1.82, 2.24) is 4.98 Å². The minimum atomic E-state index is -0.499. The zero-order valence-electron chi connectivity index (χ0n) is 10.1. The van der Waals surface area contributed by atoms with Gasteiger partial charge in [-0.05, 0) is 18.2 Å². The Labute approximate surface area is 109 Å². The smallest absolute Gasteiger partial charge is 0.167 e. The lowest BCUT2D eigenvalue weighted by atomic mass is 10.2. The van der Waals surface area contributed by atoms with Crippen molar-refractivity contribution in [3.8, 4) is 11.8 Å². The van der Waals surface area contributed by atoms with E-state index < -0.39 is 5.82 Å². The van der Waals surface area contributed by atoms with Crippen LogP contribution in [0.5, 0.6) is 5.75 Å². The monoisotopic (exact) mass is 258 g/mol. The zero-order chi connectivity index (χ0) is 13.8. The second kappa shape index (κ2) is 5.23. The number of ether oxygens (including phenoxy) is 1. The van der Waals surface area contributed by atoms with Gasteiger partial charge in [0.25, 0.3) is 0 Å². The molecule has 0 aliphatic heterocycles. The highest BCUT2D eigenvalue weighted by molar-refractivity contribution is 5.65. The van der Waals surface area contributed by atoms with E-state index >= 15 is 0 Å². The summed E-state index contributed by atoms with van der Waals surface area (Å²) in [5.74, 6) is -0.0287. The quantitative estimate of drug-likeness (QED) is 0.883. The van der Waals surface area contributed by atoms with Crippen LogP contribution >= 0.6 is 0 Å². The maximum absolute atomic E-state index is 13.5. The Kier molecular flexibility index (Phi) is 3.48. The van der Waals surface area contributed by atoms with Crippen LogP contribution in [0.3, 0.4) is 0 Å². The van der Waals surface area contributed by atoms with Crippen LogP contribution in [0.2, 0.25) is 0 Å². The van der Waals surface area contributed by atoms with E-state index in [4.69, 9.17) is 15.7 Å². The largest absolute Gasteiger partial charge is 0.494 e. The molecule has 1 heterocycles. The number of nitrogens with zero attached hydrogens (tertiary/aromatic N) is 2. The second-order valence-electron chi connectivity index (χ2n) is 3.75. The van der Waals surface area contributed by atoms with Crippen molar-refractivity contribution in [2.45, 2.75) is 0 Å². The van der Waals surface area contributed by atoms with Crippen molar-refractivity contribution in [2.75, 3.05) is 18.2 Å². The molecule has 0 unspecified atom stereocenters. The fourth-order valence-corrected chi connectivity index (χ4v) is 1.55. The summed E-state index contributed by atoms with van der Waals surface area (Å²) in [4.78, 5) is 4.00. The lowest BCUT2D eigenvalue weighted by Gasteiger charge is -2.09. The van der Waals surface area contributed by atoms with Crippen LogP contribution in [0.15, 0.2) is 30.5 Å². The number of nitrogens with two attached hydrogens (primary N) is 1. The number of hydrogen-bond donors (Lipinski definition) is 2. The molecule has 0 amide bonds. The molecule has 0 fully saturated rings. The Balaban J connectivity index is 2.31. The maximum atomic E-state index is 13.5. The van der Waals surface area contributed by atoms with Crippen LogP contribution in [0.1, 0.15) is 5.56 Å². The summed E-state index contributed by atoms with van der Waals surface area (Å²) in [5.41, 5.74) is 6.69. The number of nitriles is 1. The van der Waals surface area contributed by atoms with Gasteiger partial charge in [0.1, 0.15) is 11.9 Å². The average Bonchev–Trinajstić information content (AvgIpc) is 2.41. The third-order valence-corrected chi connectivity index (χ3v) is 2.44. The number of pyridine rings is 1. The first kappa shape index (κ1) is 12.6. The average molecular weight is 258 g/mol. The van der Waals surface area contributed by atoms with Crippen LogP contribution in [0.4, 0.5) is 21.6 Å². The van der Waals surface area contributed by atoms with Crippen molar-refractivity contribution >= 4 is 17.2 Å². The van der Waals surface area contributed by atoms with Gasteiger partial charge < -0.3 is 15.8 Å². The Hall–Kier alpha value is -2.81. The maximum Gasteiger partial charge on any atom is 0.167 e. The Bertz CT molecular complexity index is 652. The molecule has 1 aromatic carbocycles. The van der Waals surface area contributed by atoms with Crippen molar-refractivity contribution < 1.29 is 9.13 Å². The van der Waals surface area contributed by atoms with Crippen molar-refractivity contribution in [2.24, 2.45) is 0 Å². The molecule has 0 aliphatic rings. The zero-order valence-corrected chi connectivity index (χ0v) is 10.1. The van der Waals surface area contributed by atoms with E-state index in [0.717, 1.165) is 0 Å². The van der Waals surface area contributed by atoms with Gasteiger partial charge >= 0.3 is 0 Å². The van der Waals surface area contributed by atoms with Crippen molar-refractivity contribution in [3.05, 3.63) is 41.8 Å². The van der Waals surface area contributed by atoms with Gasteiger partial charge in [-0.2, -0.15) is 5.26 Å². The first-order valence-corrected chi connectivity index (χ1v) is 5.40. The van der Waals surface area contributed by atoms with Crippen molar-refractivity contribution in [3.63, 3.8) is 0 Å². The van der Waals surface area contributed by atoms with E-state index in [9.17, 15) is 4.39 Å². The van der Waals surface area contributed by atoms with Crippen LogP contribution < -0.4 is 15.8 Å². The van der Waals surface area contributed by atoms with Gasteiger partial charge in [-0.3, -0.25) is 0 Å². The minimum absolute atomic E-state index is 0.149. The molecule has 2 aromatic rings. The SMILES string of the molecule is COc1ccc(Nc2ncc(N)cc2C#N)cc1F. The van der Waals surface area contributed by atoms with Gasteiger partial charge in [0.2, 0.25) is 0 Å². The van der Waals surface area contributed by atoms with E-state index in [0.29, 0.717) is 17.2 Å². The second-order valence-corrected chi connectivity index (χ2v) is 3.75. The normalized spacial score (nSPS) is 9.74. The van der Waals surface area contributed by atoms with Crippen LogP contribution in [0, 0.1) is 17.1 Å². The number of halogens is 1. The molecule has 0 saturated heterocycles. The third-order valence-electron chi connectivity index (χ3n) is 2.44. The summed E-state index contributed by atoms with van der Waals surface area (Å²) in [6, 6.07) is 7.84. The molecule has 0 spiro atoms. The van der Waals surface area contributed by atoms with E-state index in [1.807, 2.05) is 6.07 Å². The molecule has 0 bridgehead atoms. The molecule has 96 valence electrons. The Morgan fingerprint density at radius 2 is 2.21 bits per heavy atom. The molecule has 0 aliphatic carbocycles. The highest BCUT2D eigenvalue weighted by Gasteiger charge is 2.07. The van der Waals surface area contributed by atoms with Crippen LogP contribution in [-0.4, -0.2) is 12.1 Å². The highest BCUT2D eigenvalue weighted by Crippen LogP contribution is 2.24. The molecule has 0 saturated carbocycles. The summed E-state index contributed by atoms with van der Waals surface area (Å²) >= 11 is 0. The number of benzene rings is 1. The van der Waals surface area contributed by atoms with Crippen LogP contribution in [0.25, 0.3) is 0 Å². The van der Waals surface area contributed by atoms with E-state index in [-0.39, 0.29) is 11.3 Å². The van der Waals surface area contributed by atoms with Gasteiger partial charge in [-0.25, -0.2) is 9.37 Å². The number of nitrogen functional groups attached to an aromatic ring is 1. The van der Waals surface area contributed by atoms with E-state index in [1.54, 1.807) is 6.07 Å². The van der Waals surface area contributed by atoms with Gasteiger partial charge in [0.15, 0.2) is 11.6 Å². The molecule has 1 aromatic heterocycles. The Morgan fingerprint density at radius 1 is 1.42 bits per heavy atom. The summed E-state index contributed by atoms with van der Waals surface area (Å²) < 4.78 is 18.4. The number of methoxy groups -OCH3 is 1. The molecule has 5 nitrogen and oxygen atoms in total. The number of aromatic nitrogens is 1. The van der Waals surface area contributed by atoms with E-state index in [2.05, 4.69) is 10.3 Å². The third kappa shape index (κ3) is 2.72. The van der Waals surface area contributed by atoms with Crippen molar-refractivity contribution in [1.29, 1.82) is 5.26 Å². The summed E-state index contributed by atoms with van der Waals surface area (Å²) in [7, 11) is 1.39. The molecule has 2 rings (SSSR count). The minimum Gasteiger partial charge on any atom is -0.494 e. The first-order chi connectivity index (χ1) is 9.13. The summed E-state index contributed by atoms with van der Waals surface area (Å²) in [6.45, 7) is 0. The number of rotatable bonds is 3.